The first-order valence-corrected chi connectivity index (χ1v) is 13.4. The fraction of sp³-hybridized carbons (Fsp3) is 0.536. The van der Waals surface area contributed by atoms with Gasteiger partial charge in [0.05, 0.1) is 10.6 Å². The monoisotopic (exact) mass is 489 g/mol. The molecule has 0 radical (unpaired) electrons. The standard InChI is InChI=1S/C28H31N3O3S/c1-4-28(32)16-12-19-17-9-10-20-24-23(13-14-26(20,2)18(17)11-15-27(19,28)3)35-25(30-24)29-21-7-5-6-8-22(21)31(33)34/h1,5-8,10,17-19,32H,9,11-16H2,2-3H3,(H,29,30)/t17-,18+,19+,26-,27+,28+/m1/s1. The van der Waals surface area contributed by atoms with Crippen LogP contribution in [-0.4, -0.2) is 20.6 Å². The maximum atomic E-state index is 11.4. The molecule has 2 saturated carbocycles. The van der Waals surface area contributed by atoms with Crippen LogP contribution >= 0.6 is 11.3 Å². The molecule has 1 aromatic carbocycles. The lowest BCUT2D eigenvalue weighted by Crippen LogP contribution is -2.53. The number of terminal acetylenes is 1. The molecule has 2 aromatic rings. The van der Waals surface area contributed by atoms with E-state index in [1.165, 1.54) is 16.5 Å². The number of aryl methyl sites for hydroxylation is 1. The Morgan fingerprint density at radius 2 is 2.00 bits per heavy atom. The zero-order valence-corrected chi connectivity index (χ0v) is 21.0. The first-order valence-electron chi connectivity index (χ1n) is 12.6. The Balaban J connectivity index is 1.33. The predicted molar refractivity (Wildman–Crippen MR) is 138 cm³/mol. The number of hydrogen-bond acceptors (Lipinski definition) is 6. The third-order valence-corrected chi connectivity index (χ3v) is 11.1. The molecule has 1 aromatic heterocycles. The number of hydrogen-bond donors (Lipinski definition) is 2. The maximum absolute atomic E-state index is 11.4. The number of nitrogens with one attached hydrogen (secondary N) is 1. The average Bonchev–Trinajstić information content (AvgIpc) is 3.37. The van der Waals surface area contributed by atoms with Crippen LogP contribution in [0.5, 0.6) is 0 Å². The molecule has 4 aliphatic rings. The minimum atomic E-state index is -0.983. The van der Waals surface area contributed by atoms with E-state index in [2.05, 4.69) is 31.2 Å². The van der Waals surface area contributed by atoms with Crippen molar-refractivity contribution in [3.8, 4) is 12.3 Å². The molecule has 6 nitrogen and oxygen atoms in total. The molecule has 6 rings (SSSR count). The highest BCUT2D eigenvalue weighted by Crippen LogP contribution is 2.68. The SMILES string of the molecule is C#C[C@]1(O)CC[C@H]2[C@@H]3CC=C4c5nc(Nc6ccccc6[N+](=O)[O-])sc5CC[C@]4(C)[C@H]3CC[C@@]21C. The predicted octanol–water partition coefficient (Wildman–Crippen LogP) is 6.34. The number of thiazole rings is 1. The Morgan fingerprint density at radius 1 is 1.23 bits per heavy atom. The van der Waals surface area contributed by atoms with Gasteiger partial charge in [-0.1, -0.05) is 38.0 Å². The molecule has 4 aliphatic carbocycles. The molecule has 0 saturated heterocycles. The van der Waals surface area contributed by atoms with Gasteiger partial charge in [-0.15, -0.1) is 17.8 Å². The Morgan fingerprint density at radius 3 is 2.77 bits per heavy atom. The zero-order valence-electron chi connectivity index (χ0n) is 20.2. The second kappa shape index (κ2) is 7.65. The number of allylic oxidation sites excluding steroid dienone is 2. The van der Waals surface area contributed by atoms with Crippen LogP contribution in [-0.2, 0) is 6.42 Å². The van der Waals surface area contributed by atoms with Crippen molar-refractivity contribution in [3.63, 3.8) is 0 Å². The van der Waals surface area contributed by atoms with Crippen molar-refractivity contribution in [3.05, 3.63) is 51.0 Å². The molecule has 1 heterocycles. The molecule has 35 heavy (non-hydrogen) atoms. The van der Waals surface area contributed by atoms with Gasteiger partial charge in [-0.05, 0) is 79.8 Å². The van der Waals surface area contributed by atoms with Crippen molar-refractivity contribution in [2.75, 3.05) is 5.32 Å². The minimum absolute atomic E-state index is 0.0538. The zero-order chi connectivity index (χ0) is 24.6. The van der Waals surface area contributed by atoms with Crippen LogP contribution in [0.2, 0.25) is 0 Å². The van der Waals surface area contributed by atoms with Crippen molar-refractivity contribution in [1.29, 1.82) is 0 Å². The minimum Gasteiger partial charge on any atom is -0.377 e. The lowest BCUT2D eigenvalue weighted by molar-refractivity contribution is -0.383. The van der Waals surface area contributed by atoms with Crippen LogP contribution in [0, 0.1) is 51.0 Å². The summed E-state index contributed by atoms with van der Waals surface area (Å²) < 4.78 is 0. The van der Waals surface area contributed by atoms with Gasteiger partial charge in [-0.2, -0.15) is 0 Å². The van der Waals surface area contributed by atoms with E-state index in [9.17, 15) is 15.2 Å². The van der Waals surface area contributed by atoms with Crippen LogP contribution in [0.3, 0.4) is 0 Å². The average molecular weight is 490 g/mol. The summed E-state index contributed by atoms with van der Waals surface area (Å²) in [6.07, 6.45) is 15.1. The Hall–Kier alpha value is -2.69. The number of aliphatic hydroxyl groups is 1. The molecule has 0 spiro atoms. The Labute approximate surface area is 210 Å². The molecular weight excluding hydrogens is 458 g/mol. The van der Waals surface area contributed by atoms with Gasteiger partial charge in [0.25, 0.3) is 5.69 Å². The van der Waals surface area contributed by atoms with E-state index in [0.29, 0.717) is 35.0 Å². The molecule has 0 amide bonds. The van der Waals surface area contributed by atoms with Crippen LogP contribution in [0.1, 0.15) is 62.9 Å². The van der Waals surface area contributed by atoms with Gasteiger partial charge >= 0.3 is 0 Å². The number of fused-ring (bicyclic) bond motifs is 7. The number of anilines is 2. The van der Waals surface area contributed by atoms with Gasteiger partial charge in [0.1, 0.15) is 11.3 Å². The van der Waals surface area contributed by atoms with Gasteiger partial charge in [0, 0.05) is 16.4 Å². The summed E-state index contributed by atoms with van der Waals surface area (Å²) in [7, 11) is 0. The second-order valence-electron chi connectivity index (χ2n) is 11.3. The number of rotatable bonds is 3. The van der Waals surface area contributed by atoms with Gasteiger partial charge in [-0.25, -0.2) is 4.98 Å². The normalized spacial score (nSPS) is 37.2. The molecule has 182 valence electrons. The summed E-state index contributed by atoms with van der Waals surface area (Å²) in [6.45, 7) is 4.64. The topological polar surface area (TPSA) is 88.3 Å². The largest absolute Gasteiger partial charge is 0.377 e. The molecule has 7 heteroatoms. The molecule has 0 bridgehead atoms. The van der Waals surface area contributed by atoms with E-state index in [4.69, 9.17) is 11.4 Å². The molecule has 0 aliphatic heterocycles. The van der Waals surface area contributed by atoms with Crippen molar-refractivity contribution < 1.29 is 10.0 Å². The third kappa shape index (κ3) is 3.09. The lowest BCUT2D eigenvalue weighted by atomic mass is 9.47. The van der Waals surface area contributed by atoms with Gasteiger partial charge < -0.3 is 10.4 Å². The Kier molecular flexibility index (Phi) is 4.97. The maximum Gasteiger partial charge on any atom is 0.292 e. The van der Waals surface area contributed by atoms with Gasteiger partial charge in [-0.3, -0.25) is 10.1 Å². The van der Waals surface area contributed by atoms with E-state index >= 15 is 0 Å². The summed E-state index contributed by atoms with van der Waals surface area (Å²) in [4.78, 5) is 17.3. The molecule has 2 N–H and O–H groups in total. The van der Waals surface area contributed by atoms with Crippen molar-refractivity contribution >= 4 is 33.4 Å². The van der Waals surface area contributed by atoms with Crippen LogP contribution in [0.25, 0.3) is 5.57 Å². The summed E-state index contributed by atoms with van der Waals surface area (Å²) in [6, 6.07) is 6.71. The quantitative estimate of drug-likeness (QED) is 0.298. The summed E-state index contributed by atoms with van der Waals surface area (Å²) in [5, 5.41) is 26.6. The van der Waals surface area contributed by atoms with E-state index in [1.807, 2.05) is 0 Å². The van der Waals surface area contributed by atoms with E-state index in [1.54, 1.807) is 29.5 Å². The lowest BCUT2D eigenvalue weighted by Gasteiger charge is -2.57. The van der Waals surface area contributed by atoms with Gasteiger partial charge in [0.15, 0.2) is 5.13 Å². The fourth-order valence-electron chi connectivity index (χ4n) is 8.05. The number of nitro groups is 1. The van der Waals surface area contributed by atoms with E-state index in [0.717, 1.165) is 44.2 Å². The summed E-state index contributed by atoms with van der Waals surface area (Å²) >= 11 is 1.61. The molecular formula is C28H31N3O3S. The highest BCUT2D eigenvalue weighted by atomic mass is 32.1. The summed E-state index contributed by atoms with van der Waals surface area (Å²) in [5.41, 5.74) is 1.81. The number of aromatic nitrogens is 1. The number of benzene rings is 1. The number of para-hydroxylation sites is 2. The molecule has 0 unspecified atom stereocenters. The first-order chi connectivity index (χ1) is 16.7. The highest BCUT2D eigenvalue weighted by molar-refractivity contribution is 7.15. The first kappa shape index (κ1) is 22.8. The summed E-state index contributed by atoms with van der Waals surface area (Å²) in [5.74, 6) is 4.31. The smallest absolute Gasteiger partial charge is 0.292 e. The van der Waals surface area contributed by atoms with E-state index in [-0.39, 0.29) is 21.4 Å². The van der Waals surface area contributed by atoms with Crippen molar-refractivity contribution in [2.45, 2.75) is 64.4 Å². The number of nitro benzene ring substituents is 1. The van der Waals surface area contributed by atoms with Crippen molar-refractivity contribution in [1.82, 2.24) is 4.98 Å². The molecule has 2 fully saturated rings. The second-order valence-corrected chi connectivity index (χ2v) is 12.4. The third-order valence-electron chi connectivity index (χ3n) is 10.0. The van der Waals surface area contributed by atoms with Crippen LogP contribution in [0.4, 0.5) is 16.5 Å². The fourth-order valence-corrected chi connectivity index (χ4v) is 9.03. The van der Waals surface area contributed by atoms with Crippen molar-refractivity contribution in [2.24, 2.45) is 28.6 Å². The molecule has 6 atom stereocenters. The van der Waals surface area contributed by atoms with Crippen LogP contribution < -0.4 is 5.32 Å². The van der Waals surface area contributed by atoms with E-state index < -0.39 is 5.60 Å². The van der Waals surface area contributed by atoms with Gasteiger partial charge in [0.2, 0.25) is 0 Å². The highest BCUT2D eigenvalue weighted by Gasteiger charge is 2.63. The number of nitrogens with zero attached hydrogens (tertiary/aromatic N) is 2. The van der Waals surface area contributed by atoms with Crippen LogP contribution in [0.15, 0.2) is 30.3 Å². The Bertz CT molecular complexity index is 1290.